The van der Waals surface area contributed by atoms with Gasteiger partial charge in [0, 0.05) is 0 Å². The summed E-state index contributed by atoms with van der Waals surface area (Å²) in [4.78, 5) is 0. The van der Waals surface area contributed by atoms with Gasteiger partial charge in [0.05, 0.1) is 0 Å². The van der Waals surface area contributed by atoms with Crippen molar-refractivity contribution < 1.29 is 0 Å². The monoisotopic (exact) mass is 204 g/mol. The second kappa shape index (κ2) is 6.66. The lowest BCUT2D eigenvalue weighted by Crippen LogP contribution is -1.95. The smallest absolute Gasteiger partial charge is 0.0256 e. The van der Waals surface area contributed by atoms with Crippen LogP contribution in [0.3, 0.4) is 0 Å². The van der Waals surface area contributed by atoms with E-state index < -0.39 is 0 Å². The van der Waals surface area contributed by atoms with Crippen LogP contribution in [0.15, 0.2) is 24.3 Å². The second-order valence-electron chi connectivity index (χ2n) is 4.88. The van der Waals surface area contributed by atoms with Crippen LogP contribution >= 0.6 is 0 Å². The highest BCUT2D eigenvalue weighted by molar-refractivity contribution is 5.23. The van der Waals surface area contributed by atoms with Crippen LogP contribution in [0.2, 0.25) is 0 Å². The van der Waals surface area contributed by atoms with Gasteiger partial charge in [0.25, 0.3) is 0 Å². The van der Waals surface area contributed by atoms with E-state index in [2.05, 4.69) is 45.0 Å². The second-order valence-corrected chi connectivity index (χ2v) is 4.88. The molecule has 0 heterocycles. The lowest BCUT2D eigenvalue weighted by molar-refractivity contribution is 0.646. The molecule has 0 fully saturated rings. The minimum Gasteiger partial charge on any atom is -0.0654 e. The van der Waals surface area contributed by atoms with Crippen molar-refractivity contribution in [1.29, 1.82) is 0 Å². The maximum atomic E-state index is 2.38. The molecule has 0 unspecified atom stereocenters. The SMILES string of the molecule is CCCCCc1cccc(CC(C)C)c1. The predicted octanol–water partition coefficient (Wildman–Crippen LogP) is 4.62. The first-order valence-electron chi connectivity index (χ1n) is 6.30. The zero-order valence-corrected chi connectivity index (χ0v) is 10.4. The fourth-order valence-corrected chi connectivity index (χ4v) is 1.96. The van der Waals surface area contributed by atoms with Gasteiger partial charge in [0.15, 0.2) is 0 Å². The highest BCUT2D eigenvalue weighted by Crippen LogP contribution is 2.12. The van der Waals surface area contributed by atoms with Crippen molar-refractivity contribution in [3.63, 3.8) is 0 Å². The zero-order chi connectivity index (χ0) is 11.1. The molecule has 1 rings (SSSR count). The van der Waals surface area contributed by atoms with E-state index in [1.807, 2.05) is 0 Å². The lowest BCUT2D eigenvalue weighted by Gasteiger charge is -2.07. The molecule has 1 aromatic carbocycles. The van der Waals surface area contributed by atoms with Crippen LogP contribution in [0.25, 0.3) is 0 Å². The van der Waals surface area contributed by atoms with Gasteiger partial charge >= 0.3 is 0 Å². The average molecular weight is 204 g/mol. The summed E-state index contributed by atoms with van der Waals surface area (Å²) in [6.45, 7) is 6.82. The van der Waals surface area contributed by atoms with Crippen molar-refractivity contribution in [1.82, 2.24) is 0 Å². The minimum atomic E-state index is 0.760. The summed E-state index contributed by atoms with van der Waals surface area (Å²) in [6.07, 6.45) is 6.46. The van der Waals surface area contributed by atoms with Gasteiger partial charge in [-0.3, -0.25) is 0 Å². The summed E-state index contributed by atoms with van der Waals surface area (Å²) < 4.78 is 0. The molecule has 0 radical (unpaired) electrons. The molecule has 0 amide bonds. The highest BCUT2D eigenvalue weighted by Gasteiger charge is 1.99. The fourth-order valence-electron chi connectivity index (χ4n) is 1.96. The summed E-state index contributed by atoms with van der Waals surface area (Å²) >= 11 is 0. The van der Waals surface area contributed by atoms with Gasteiger partial charge in [-0.05, 0) is 36.3 Å². The highest BCUT2D eigenvalue weighted by atomic mass is 14.0. The Hall–Kier alpha value is -0.780. The molecule has 0 aliphatic heterocycles. The molecule has 0 bridgehead atoms. The third kappa shape index (κ3) is 5.01. The van der Waals surface area contributed by atoms with E-state index in [1.165, 1.54) is 43.2 Å². The molecule has 0 nitrogen and oxygen atoms in total. The van der Waals surface area contributed by atoms with Gasteiger partial charge in [0.1, 0.15) is 0 Å². The normalized spacial score (nSPS) is 10.9. The molecule has 1 aromatic rings. The molecular formula is C15H24. The van der Waals surface area contributed by atoms with Crippen LogP contribution < -0.4 is 0 Å². The Morgan fingerprint density at radius 2 is 1.80 bits per heavy atom. The maximum absolute atomic E-state index is 2.38. The van der Waals surface area contributed by atoms with Crippen LogP contribution in [-0.4, -0.2) is 0 Å². The Morgan fingerprint density at radius 1 is 1.07 bits per heavy atom. The maximum Gasteiger partial charge on any atom is -0.0256 e. The van der Waals surface area contributed by atoms with E-state index >= 15 is 0 Å². The molecule has 0 aliphatic carbocycles. The molecule has 0 spiro atoms. The summed E-state index contributed by atoms with van der Waals surface area (Å²) in [5.41, 5.74) is 3.01. The number of rotatable bonds is 6. The van der Waals surface area contributed by atoms with E-state index in [9.17, 15) is 0 Å². The molecule has 0 aromatic heterocycles. The summed E-state index contributed by atoms with van der Waals surface area (Å²) in [5.74, 6) is 0.760. The molecule has 0 saturated carbocycles. The molecule has 0 aliphatic rings. The number of benzene rings is 1. The number of hydrogen-bond acceptors (Lipinski definition) is 0. The number of hydrogen-bond donors (Lipinski definition) is 0. The van der Waals surface area contributed by atoms with Gasteiger partial charge < -0.3 is 0 Å². The molecule has 0 saturated heterocycles. The first kappa shape index (κ1) is 12.3. The lowest BCUT2D eigenvalue weighted by atomic mass is 9.99. The molecule has 0 N–H and O–H groups in total. The van der Waals surface area contributed by atoms with E-state index in [0.29, 0.717) is 0 Å². The van der Waals surface area contributed by atoms with Gasteiger partial charge in [-0.1, -0.05) is 57.9 Å². The third-order valence-corrected chi connectivity index (χ3v) is 2.70. The van der Waals surface area contributed by atoms with Gasteiger partial charge in [-0.25, -0.2) is 0 Å². The van der Waals surface area contributed by atoms with Crippen LogP contribution in [0, 0.1) is 5.92 Å². The Bertz CT molecular complexity index is 273. The van der Waals surface area contributed by atoms with Crippen molar-refractivity contribution in [2.75, 3.05) is 0 Å². The van der Waals surface area contributed by atoms with Gasteiger partial charge in [-0.15, -0.1) is 0 Å². The first-order chi connectivity index (χ1) is 7.22. The van der Waals surface area contributed by atoms with Crippen LogP contribution in [0.4, 0.5) is 0 Å². The minimum absolute atomic E-state index is 0.760. The first-order valence-corrected chi connectivity index (χ1v) is 6.30. The number of unbranched alkanes of at least 4 members (excludes halogenated alkanes) is 2. The zero-order valence-electron chi connectivity index (χ0n) is 10.4. The quantitative estimate of drug-likeness (QED) is 0.593. The van der Waals surface area contributed by atoms with E-state index in [0.717, 1.165) is 5.92 Å². The molecule has 0 heteroatoms. The van der Waals surface area contributed by atoms with E-state index in [4.69, 9.17) is 0 Å². The van der Waals surface area contributed by atoms with E-state index in [1.54, 1.807) is 0 Å². The van der Waals surface area contributed by atoms with Crippen molar-refractivity contribution in [2.24, 2.45) is 5.92 Å². The summed E-state index contributed by atoms with van der Waals surface area (Å²) in [7, 11) is 0. The van der Waals surface area contributed by atoms with Crippen LogP contribution in [0.1, 0.15) is 51.2 Å². The Balaban J connectivity index is 2.50. The third-order valence-electron chi connectivity index (χ3n) is 2.70. The Labute approximate surface area is 94.7 Å². The molecule has 84 valence electrons. The summed E-state index contributed by atoms with van der Waals surface area (Å²) in [6, 6.07) is 9.11. The standard InChI is InChI=1S/C15H24/c1-4-5-6-8-14-9-7-10-15(12-14)11-13(2)3/h7,9-10,12-13H,4-6,8,11H2,1-3H3. The molecule has 0 atom stereocenters. The van der Waals surface area contributed by atoms with Crippen LogP contribution in [-0.2, 0) is 12.8 Å². The van der Waals surface area contributed by atoms with Crippen molar-refractivity contribution in [2.45, 2.75) is 52.9 Å². The molecule has 15 heavy (non-hydrogen) atoms. The van der Waals surface area contributed by atoms with Crippen LogP contribution in [0.5, 0.6) is 0 Å². The van der Waals surface area contributed by atoms with Crippen molar-refractivity contribution in [3.8, 4) is 0 Å². The average Bonchev–Trinajstić information content (AvgIpc) is 2.18. The predicted molar refractivity (Wildman–Crippen MR) is 68.2 cm³/mol. The largest absolute Gasteiger partial charge is 0.0654 e. The van der Waals surface area contributed by atoms with E-state index in [-0.39, 0.29) is 0 Å². The van der Waals surface area contributed by atoms with Gasteiger partial charge in [0.2, 0.25) is 0 Å². The Kier molecular flexibility index (Phi) is 5.45. The number of aryl methyl sites for hydroxylation is 1. The van der Waals surface area contributed by atoms with Crippen molar-refractivity contribution in [3.05, 3.63) is 35.4 Å². The molecular weight excluding hydrogens is 180 g/mol. The topological polar surface area (TPSA) is 0 Å². The van der Waals surface area contributed by atoms with Crippen molar-refractivity contribution >= 4 is 0 Å². The van der Waals surface area contributed by atoms with Gasteiger partial charge in [-0.2, -0.15) is 0 Å². The fraction of sp³-hybridized carbons (Fsp3) is 0.600. The summed E-state index contributed by atoms with van der Waals surface area (Å²) in [5, 5.41) is 0. The Morgan fingerprint density at radius 3 is 2.47 bits per heavy atom.